The van der Waals surface area contributed by atoms with Gasteiger partial charge in [0, 0.05) is 25.7 Å². The first kappa shape index (κ1) is 13.0. The summed E-state index contributed by atoms with van der Waals surface area (Å²) in [6.07, 6.45) is 1.69. The molecule has 2 heterocycles. The molecule has 1 unspecified atom stereocenters. The van der Waals surface area contributed by atoms with E-state index in [2.05, 4.69) is 15.7 Å². The maximum absolute atomic E-state index is 11.9. The summed E-state index contributed by atoms with van der Waals surface area (Å²) in [5, 5.41) is 10.2. The van der Waals surface area contributed by atoms with Gasteiger partial charge in [-0.25, -0.2) is 4.68 Å². The van der Waals surface area contributed by atoms with Crippen LogP contribution in [0.5, 0.6) is 0 Å². The number of likely N-dealkylation sites (N-methyl/N-ethyl adjacent to an activating group) is 1. The third kappa shape index (κ3) is 2.87. The van der Waals surface area contributed by atoms with Crippen molar-refractivity contribution in [3.63, 3.8) is 0 Å². The molecule has 0 bridgehead atoms. The predicted molar refractivity (Wildman–Crippen MR) is 69.3 cm³/mol. The van der Waals surface area contributed by atoms with Crippen molar-refractivity contribution in [1.82, 2.24) is 20.0 Å². The molecule has 0 aromatic carbocycles. The molecule has 0 spiro atoms. The molecule has 7 nitrogen and oxygen atoms in total. The van der Waals surface area contributed by atoms with Crippen molar-refractivity contribution < 1.29 is 4.79 Å². The number of carbonyl (C=O) groups excluding carboxylic acids is 1. The van der Waals surface area contributed by atoms with Crippen LogP contribution in [-0.4, -0.2) is 60.4 Å². The molecule has 18 heavy (non-hydrogen) atoms. The van der Waals surface area contributed by atoms with Gasteiger partial charge in [0.05, 0.1) is 18.3 Å². The minimum absolute atomic E-state index is 0.183. The van der Waals surface area contributed by atoms with E-state index < -0.39 is 6.04 Å². The van der Waals surface area contributed by atoms with Crippen LogP contribution in [0.2, 0.25) is 0 Å². The molecule has 2 rings (SSSR count). The number of aromatic nitrogens is 2. The number of rotatable bonds is 5. The van der Waals surface area contributed by atoms with Gasteiger partial charge in [-0.2, -0.15) is 5.10 Å². The van der Waals surface area contributed by atoms with E-state index in [1.165, 1.54) is 0 Å². The van der Waals surface area contributed by atoms with Gasteiger partial charge in [-0.15, -0.1) is 0 Å². The highest BCUT2D eigenvalue weighted by Crippen LogP contribution is 2.17. The number of nitrogens with two attached hydrogens (primary N) is 1. The van der Waals surface area contributed by atoms with Crippen LogP contribution in [0.25, 0.3) is 0 Å². The monoisotopic (exact) mass is 252 g/mol. The van der Waals surface area contributed by atoms with Gasteiger partial charge in [0.25, 0.3) is 0 Å². The molecular weight excluding hydrogens is 232 g/mol. The summed E-state index contributed by atoms with van der Waals surface area (Å²) >= 11 is 0. The van der Waals surface area contributed by atoms with Crippen LogP contribution in [0.1, 0.15) is 6.04 Å². The van der Waals surface area contributed by atoms with Crippen molar-refractivity contribution in [3.8, 4) is 0 Å². The molecule has 4 N–H and O–H groups in total. The fourth-order valence-electron chi connectivity index (χ4n) is 1.85. The number of carbonyl (C=O) groups is 1. The molecule has 1 fully saturated rings. The molecule has 1 aromatic rings. The van der Waals surface area contributed by atoms with E-state index in [1.54, 1.807) is 12.3 Å². The van der Waals surface area contributed by atoms with Crippen LogP contribution < -0.4 is 16.4 Å². The number of nitrogens with zero attached hydrogens (tertiary/aromatic N) is 3. The van der Waals surface area contributed by atoms with E-state index >= 15 is 0 Å². The summed E-state index contributed by atoms with van der Waals surface area (Å²) in [5.41, 5.74) is 5.81. The van der Waals surface area contributed by atoms with Crippen LogP contribution in [0.3, 0.4) is 0 Å². The van der Waals surface area contributed by atoms with Gasteiger partial charge in [0.15, 0.2) is 0 Å². The summed E-state index contributed by atoms with van der Waals surface area (Å²) in [6, 6.07) is 1.57. The van der Waals surface area contributed by atoms with Crippen LogP contribution in [-0.2, 0) is 4.79 Å². The highest BCUT2D eigenvalue weighted by Gasteiger charge is 2.23. The minimum atomic E-state index is -0.539. The minimum Gasteiger partial charge on any atom is -0.319 e. The summed E-state index contributed by atoms with van der Waals surface area (Å²) < 4.78 is 1.83. The maximum Gasteiger partial charge on any atom is 0.243 e. The van der Waals surface area contributed by atoms with Crippen molar-refractivity contribution in [2.45, 2.75) is 12.1 Å². The molecule has 0 radical (unpaired) electrons. The van der Waals surface area contributed by atoms with Gasteiger partial charge >= 0.3 is 0 Å². The van der Waals surface area contributed by atoms with Crippen LogP contribution in [0.4, 0.5) is 5.82 Å². The number of amides is 1. The zero-order valence-corrected chi connectivity index (χ0v) is 10.8. The molecule has 0 saturated carbocycles. The van der Waals surface area contributed by atoms with E-state index in [9.17, 15) is 4.79 Å². The third-order valence-electron chi connectivity index (χ3n) is 2.93. The lowest BCUT2D eigenvalue weighted by Crippen LogP contribution is -2.46. The molecule has 7 heteroatoms. The van der Waals surface area contributed by atoms with Crippen molar-refractivity contribution in [2.24, 2.45) is 5.73 Å². The zero-order valence-electron chi connectivity index (χ0n) is 10.8. The Labute approximate surface area is 106 Å². The molecule has 1 aliphatic rings. The van der Waals surface area contributed by atoms with Gasteiger partial charge in [0.2, 0.25) is 5.91 Å². The Balaban J connectivity index is 1.96. The highest BCUT2D eigenvalue weighted by atomic mass is 16.2. The second-order valence-electron chi connectivity index (χ2n) is 4.83. The van der Waals surface area contributed by atoms with Crippen LogP contribution >= 0.6 is 0 Å². The summed E-state index contributed by atoms with van der Waals surface area (Å²) in [6.45, 7) is 2.29. The quantitative estimate of drug-likeness (QED) is 0.616. The molecule has 0 aliphatic carbocycles. The van der Waals surface area contributed by atoms with E-state index in [4.69, 9.17) is 5.73 Å². The van der Waals surface area contributed by atoms with E-state index in [0.717, 1.165) is 13.1 Å². The Kier molecular flexibility index (Phi) is 3.95. The topological polar surface area (TPSA) is 88.2 Å². The molecule has 100 valence electrons. The fourth-order valence-corrected chi connectivity index (χ4v) is 1.85. The lowest BCUT2D eigenvalue weighted by molar-refractivity contribution is -0.117. The fraction of sp³-hybridized carbons (Fsp3) is 0.636. The summed E-state index contributed by atoms with van der Waals surface area (Å²) in [7, 11) is 3.77. The van der Waals surface area contributed by atoms with E-state index in [1.807, 2.05) is 23.7 Å². The van der Waals surface area contributed by atoms with Crippen molar-refractivity contribution in [1.29, 1.82) is 0 Å². The number of nitrogens with one attached hydrogen (secondary N) is 2. The first-order chi connectivity index (χ1) is 8.58. The molecule has 1 saturated heterocycles. The number of anilines is 1. The smallest absolute Gasteiger partial charge is 0.243 e. The molecule has 1 amide bonds. The Hall–Kier alpha value is -1.44. The average molecular weight is 252 g/mol. The van der Waals surface area contributed by atoms with E-state index in [0.29, 0.717) is 18.4 Å². The second-order valence-corrected chi connectivity index (χ2v) is 4.83. The first-order valence-electron chi connectivity index (χ1n) is 6.03. The standard InChI is InChI=1S/C11H20N6O/c1-16(2)7-9(12)11(18)15-10-3-4-14-17(10)8-5-13-6-8/h3-4,8-9,13H,5-7,12H2,1-2H3,(H,15,18). The third-order valence-corrected chi connectivity index (χ3v) is 2.93. The number of hydrogen-bond acceptors (Lipinski definition) is 5. The largest absolute Gasteiger partial charge is 0.319 e. The molecule has 1 atom stereocenters. The van der Waals surface area contributed by atoms with Gasteiger partial charge in [-0.05, 0) is 14.1 Å². The van der Waals surface area contributed by atoms with Crippen molar-refractivity contribution in [2.75, 3.05) is 39.0 Å². The number of hydrogen-bond donors (Lipinski definition) is 3. The van der Waals surface area contributed by atoms with Crippen molar-refractivity contribution in [3.05, 3.63) is 12.3 Å². The van der Waals surface area contributed by atoms with Crippen molar-refractivity contribution >= 4 is 11.7 Å². The highest BCUT2D eigenvalue weighted by molar-refractivity contribution is 5.94. The van der Waals surface area contributed by atoms with Crippen LogP contribution in [0.15, 0.2) is 12.3 Å². The summed E-state index contributed by atoms with van der Waals surface area (Å²) in [4.78, 5) is 13.8. The van der Waals surface area contributed by atoms with Gasteiger partial charge in [-0.3, -0.25) is 4.79 Å². The average Bonchev–Trinajstić information content (AvgIpc) is 2.62. The van der Waals surface area contributed by atoms with Crippen LogP contribution in [0, 0.1) is 0 Å². The van der Waals surface area contributed by atoms with Gasteiger partial charge < -0.3 is 21.3 Å². The van der Waals surface area contributed by atoms with E-state index in [-0.39, 0.29) is 5.91 Å². The molecular formula is C11H20N6O. The zero-order chi connectivity index (χ0) is 13.1. The lowest BCUT2D eigenvalue weighted by atomic mass is 10.2. The van der Waals surface area contributed by atoms with Gasteiger partial charge in [0.1, 0.15) is 5.82 Å². The Bertz CT molecular complexity index is 411. The second kappa shape index (κ2) is 5.47. The molecule has 1 aromatic heterocycles. The maximum atomic E-state index is 11.9. The Morgan fingerprint density at radius 2 is 2.44 bits per heavy atom. The Morgan fingerprint density at radius 1 is 1.72 bits per heavy atom. The molecule has 1 aliphatic heterocycles. The summed E-state index contributed by atoms with van der Waals surface area (Å²) in [5.74, 6) is 0.526. The first-order valence-corrected chi connectivity index (χ1v) is 6.03. The SMILES string of the molecule is CN(C)CC(N)C(=O)Nc1ccnn1C1CNC1. The normalized spacial score (nSPS) is 17.6. The lowest BCUT2D eigenvalue weighted by Gasteiger charge is -2.29. The van der Waals surface area contributed by atoms with Gasteiger partial charge in [-0.1, -0.05) is 0 Å². The Morgan fingerprint density at radius 3 is 3.00 bits per heavy atom. The predicted octanol–water partition coefficient (Wildman–Crippen LogP) is -1.15.